The fourth-order valence-corrected chi connectivity index (χ4v) is 9.78. The van der Waals surface area contributed by atoms with Crippen LogP contribution >= 0.6 is 23.2 Å². The first-order chi connectivity index (χ1) is 25.3. The zero-order valence-corrected chi connectivity index (χ0v) is 31.7. The Bertz CT molecular complexity index is 1770. The molecule has 3 aliphatic heterocycles. The maximum absolute atomic E-state index is 14.4. The van der Waals surface area contributed by atoms with Gasteiger partial charge in [0.2, 0.25) is 21.8 Å². The number of benzene rings is 1. The van der Waals surface area contributed by atoms with Crippen molar-refractivity contribution in [3.05, 3.63) is 45.5 Å². The number of ether oxygens (including phenoxy) is 1. The molecule has 7 rings (SSSR count). The molecule has 0 bridgehead atoms. The molecule has 0 unspecified atom stereocenters. The molecule has 14 nitrogen and oxygen atoms in total. The maximum Gasteiger partial charge on any atom is 0.410 e. The molecule has 1 aromatic carbocycles. The Hall–Kier alpha value is -3.56. The summed E-state index contributed by atoms with van der Waals surface area (Å²) in [5.74, 6) is -2.43. The van der Waals surface area contributed by atoms with Gasteiger partial charge in [-0.2, -0.15) is 0 Å². The van der Waals surface area contributed by atoms with Crippen LogP contribution < -0.4 is 20.7 Å². The lowest BCUT2D eigenvalue weighted by Gasteiger charge is -2.30. The van der Waals surface area contributed by atoms with Crippen LogP contribution in [-0.2, 0) is 42.2 Å². The summed E-state index contributed by atoms with van der Waals surface area (Å²) in [6.45, 7) is 0.355. The summed E-state index contributed by atoms with van der Waals surface area (Å²) < 4.78 is 33.7. The van der Waals surface area contributed by atoms with Crippen LogP contribution in [0.25, 0.3) is 0 Å². The molecule has 3 aliphatic carbocycles. The fraction of sp³-hybridized carbons (Fsp3) is 0.639. The van der Waals surface area contributed by atoms with Gasteiger partial charge in [-0.3, -0.25) is 24.0 Å². The second-order valence-corrected chi connectivity index (χ2v) is 18.1. The van der Waals surface area contributed by atoms with Gasteiger partial charge >= 0.3 is 12.1 Å². The van der Waals surface area contributed by atoms with Crippen LogP contribution in [0.5, 0.6) is 0 Å². The third kappa shape index (κ3) is 8.41. The Kier molecular flexibility index (Phi) is 10.9. The Labute approximate surface area is 319 Å². The van der Waals surface area contributed by atoms with E-state index in [1.165, 1.54) is 9.80 Å². The molecule has 6 aliphatic rings. The second kappa shape index (κ2) is 15.3. The number of sulfonamides is 1. The lowest BCUT2D eigenvalue weighted by molar-refractivity contribution is -0.141. The van der Waals surface area contributed by atoms with Gasteiger partial charge in [0.1, 0.15) is 23.7 Å². The summed E-state index contributed by atoms with van der Waals surface area (Å²) in [5, 5.41) is 8.77. The molecule has 4 fully saturated rings. The Morgan fingerprint density at radius 2 is 1.58 bits per heavy atom. The number of carbonyl (C=O) groups is 5. The largest absolute Gasteiger partial charge is 0.444 e. The summed E-state index contributed by atoms with van der Waals surface area (Å²) in [7, 11) is -3.90. The molecule has 1 aromatic rings. The molecule has 3 saturated carbocycles. The van der Waals surface area contributed by atoms with Gasteiger partial charge in [-0.1, -0.05) is 61.0 Å². The van der Waals surface area contributed by atoms with E-state index in [-0.39, 0.29) is 38.5 Å². The summed E-state index contributed by atoms with van der Waals surface area (Å²) >= 11 is 12.4. The number of rotatable bonds is 6. The van der Waals surface area contributed by atoms with Crippen molar-refractivity contribution in [3.8, 4) is 0 Å². The van der Waals surface area contributed by atoms with Gasteiger partial charge in [-0.05, 0) is 74.6 Å². The van der Waals surface area contributed by atoms with E-state index in [9.17, 15) is 32.4 Å². The number of nitrogens with zero attached hydrogens (tertiary/aromatic N) is 2. The molecule has 0 aromatic heterocycles. The number of urea groups is 1. The topological polar surface area (TPSA) is 183 Å². The molecule has 1 saturated heterocycles. The van der Waals surface area contributed by atoms with Crippen molar-refractivity contribution < 1.29 is 37.1 Å². The van der Waals surface area contributed by atoms with Crippen molar-refractivity contribution in [2.24, 2.45) is 5.92 Å². The second-order valence-electron chi connectivity index (χ2n) is 15.3. The minimum atomic E-state index is -3.90. The Morgan fingerprint density at radius 1 is 0.906 bits per heavy atom. The molecular formula is C36H46Cl2N6O8S. The average molecular weight is 794 g/mol. The first-order valence-electron chi connectivity index (χ1n) is 18.7. The normalized spacial score (nSPS) is 29.2. The third-order valence-electron chi connectivity index (χ3n) is 11.3. The highest BCUT2D eigenvalue weighted by Gasteiger charge is 2.62. The van der Waals surface area contributed by atoms with Crippen LogP contribution in [0.4, 0.5) is 9.59 Å². The lowest BCUT2D eigenvalue weighted by Crippen LogP contribution is -2.59. The van der Waals surface area contributed by atoms with Crippen molar-refractivity contribution >= 4 is 63.1 Å². The van der Waals surface area contributed by atoms with E-state index in [2.05, 4.69) is 20.7 Å². The van der Waals surface area contributed by atoms with Crippen molar-refractivity contribution in [1.29, 1.82) is 0 Å². The minimum Gasteiger partial charge on any atom is -0.444 e. The van der Waals surface area contributed by atoms with E-state index in [0.29, 0.717) is 42.1 Å². The van der Waals surface area contributed by atoms with Crippen LogP contribution in [0.15, 0.2) is 24.3 Å². The number of nitrogens with one attached hydrogen (secondary N) is 4. The number of hydrogen-bond donors (Lipinski definition) is 4. The van der Waals surface area contributed by atoms with Crippen LogP contribution in [0.3, 0.4) is 0 Å². The van der Waals surface area contributed by atoms with Gasteiger partial charge in [0.05, 0.1) is 21.8 Å². The van der Waals surface area contributed by atoms with Gasteiger partial charge in [0, 0.05) is 31.5 Å². The highest BCUT2D eigenvalue weighted by Crippen LogP contribution is 2.46. The van der Waals surface area contributed by atoms with E-state index < -0.39 is 74.8 Å². The molecule has 288 valence electrons. The molecule has 0 radical (unpaired) electrons. The van der Waals surface area contributed by atoms with Gasteiger partial charge in [-0.25, -0.2) is 18.0 Å². The van der Waals surface area contributed by atoms with E-state index in [1.54, 1.807) is 12.1 Å². The predicted octanol–water partition coefficient (Wildman–Crippen LogP) is 4.03. The summed E-state index contributed by atoms with van der Waals surface area (Å²) in [4.78, 5) is 71.8. The van der Waals surface area contributed by atoms with E-state index in [4.69, 9.17) is 27.9 Å². The summed E-state index contributed by atoms with van der Waals surface area (Å²) in [6.07, 6.45) is 10.3. The Balaban J connectivity index is 1.12. The Morgan fingerprint density at radius 3 is 2.26 bits per heavy atom. The molecule has 4 N–H and O–H groups in total. The van der Waals surface area contributed by atoms with Crippen molar-refractivity contribution in [2.45, 2.75) is 132 Å². The number of halogens is 2. The predicted molar refractivity (Wildman–Crippen MR) is 195 cm³/mol. The van der Waals surface area contributed by atoms with Gasteiger partial charge in [0.25, 0.3) is 5.91 Å². The molecule has 6 amide bonds. The standard InChI is InChI=1S/C36H46Cl2N6O8S/c37-27-14-21-18-43(19-22(21)15-28(27)38)35(49)52-25-16-30-31(45)41-36(33(47)42-53(50,51)26-12-13-26)17-23(36)8-4-2-1-3-5-11-29(32(46)44(30)20-25)40-34(48)39-24-9-6-7-10-24/h4,8,14-15,23-26,29-30H,1-3,5-7,9-13,16-20H2,(H,41,45)(H,42,47)(H2,39,40,48)/t23-,25-,29+,30+,36-/m1/s1. The zero-order valence-electron chi connectivity index (χ0n) is 29.4. The summed E-state index contributed by atoms with van der Waals surface area (Å²) in [6, 6.07) is 0.853. The van der Waals surface area contributed by atoms with Crippen LogP contribution in [-0.4, -0.2) is 89.6 Å². The monoisotopic (exact) mass is 792 g/mol. The van der Waals surface area contributed by atoms with Crippen LogP contribution in [0.2, 0.25) is 10.0 Å². The zero-order chi connectivity index (χ0) is 37.5. The van der Waals surface area contributed by atoms with E-state index >= 15 is 0 Å². The SMILES string of the molecule is O=C(NC1CCCC1)N[C@H]1CCCCCC=C[C@@H]2C[C@@]2(C(=O)NS(=O)(=O)C2CC2)NC(=O)[C@@H]2C[C@@H](OC(=O)N3Cc4cc(Cl)c(Cl)cc4C3)CN2C1=O. The van der Waals surface area contributed by atoms with Crippen LogP contribution in [0.1, 0.15) is 94.6 Å². The number of hydrogen-bond acceptors (Lipinski definition) is 8. The molecule has 53 heavy (non-hydrogen) atoms. The van der Waals surface area contributed by atoms with Crippen LogP contribution in [0, 0.1) is 5.92 Å². The minimum absolute atomic E-state index is 0.0228. The van der Waals surface area contributed by atoms with Crippen molar-refractivity contribution in [2.75, 3.05) is 6.54 Å². The maximum atomic E-state index is 14.4. The lowest BCUT2D eigenvalue weighted by atomic mass is 10.0. The first kappa shape index (κ1) is 37.7. The molecule has 17 heteroatoms. The molecule has 0 spiro atoms. The third-order valence-corrected chi connectivity index (χ3v) is 13.9. The highest BCUT2D eigenvalue weighted by atomic mass is 35.5. The van der Waals surface area contributed by atoms with Gasteiger partial charge in [0.15, 0.2) is 0 Å². The highest BCUT2D eigenvalue weighted by molar-refractivity contribution is 7.91. The molecule has 5 atom stereocenters. The number of amides is 6. The number of carbonyl (C=O) groups excluding carboxylic acids is 5. The van der Waals surface area contributed by atoms with Crippen molar-refractivity contribution in [3.63, 3.8) is 0 Å². The van der Waals surface area contributed by atoms with E-state index in [0.717, 1.165) is 49.7 Å². The first-order valence-corrected chi connectivity index (χ1v) is 21.0. The molecular weight excluding hydrogens is 747 g/mol. The fourth-order valence-electron chi connectivity index (χ4n) is 8.04. The van der Waals surface area contributed by atoms with Gasteiger partial charge in [-0.15, -0.1) is 0 Å². The van der Waals surface area contributed by atoms with Crippen molar-refractivity contribution in [1.82, 2.24) is 30.5 Å². The molecule has 3 heterocycles. The van der Waals surface area contributed by atoms with E-state index in [1.807, 2.05) is 12.2 Å². The average Bonchev–Trinajstić information content (AvgIpc) is 3.91. The number of allylic oxidation sites excluding steroid dienone is 1. The van der Waals surface area contributed by atoms with Gasteiger partial charge < -0.3 is 25.6 Å². The number of fused-ring (bicyclic) bond motifs is 3. The smallest absolute Gasteiger partial charge is 0.410 e. The quantitative estimate of drug-likeness (QED) is 0.312. The summed E-state index contributed by atoms with van der Waals surface area (Å²) in [5.41, 5.74) is 0.132.